The Balaban J connectivity index is 2.08. The van der Waals surface area contributed by atoms with Gasteiger partial charge in [0.25, 0.3) is 5.91 Å². The van der Waals surface area contributed by atoms with Crippen LogP contribution in [-0.2, 0) is 0 Å². The maximum absolute atomic E-state index is 12.7. The van der Waals surface area contributed by atoms with Crippen LogP contribution in [-0.4, -0.2) is 40.8 Å². The highest BCUT2D eigenvalue weighted by molar-refractivity contribution is 5.95. The average Bonchev–Trinajstić information content (AvgIpc) is 2.67. The van der Waals surface area contributed by atoms with Gasteiger partial charge in [0.05, 0.1) is 5.56 Å². The van der Waals surface area contributed by atoms with Gasteiger partial charge in [-0.2, -0.15) is 13.2 Å². The van der Waals surface area contributed by atoms with Crippen molar-refractivity contribution < 1.29 is 27.5 Å². The Labute approximate surface area is 114 Å². The van der Waals surface area contributed by atoms with Crippen molar-refractivity contribution >= 4 is 5.91 Å². The van der Waals surface area contributed by atoms with Crippen LogP contribution in [0.4, 0.5) is 13.2 Å². The maximum atomic E-state index is 12.7. The number of amides is 1. The van der Waals surface area contributed by atoms with Gasteiger partial charge in [0.15, 0.2) is 5.60 Å². The zero-order chi connectivity index (χ0) is 15.1. The summed E-state index contributed by atoms with van der Waals surface area (Å²) in [5.74, 6) is 0.669. The zero-order valence-corrected chi connectivity index (χ0v) is 11.3. The lowest BCUT2D eigenvalue weighted by atomic mass is 9.90. The lowest BCUT2D eigenvalue weighted by Gasteiger charge is -2.39. The Morgan fingerprint density at radius 1 is 1.35 bits per heavy atom. The van der Waals surface area contributed by atoms with Crippen molar-refractivity contribution in [2.45, 2.75) is 38.5 Å². The van der Waals surface area contributed by atoms with Gasteiger partial charge in [-0.1, -0.05) is 0 Å². The van der Waals surface area contributed by atoms with Crippen molar-refractivity contribution in [1.82, 2.24) is 4.90 Å². The third-order valence-corrected chi connectivity index (χ3v) is 3.68. The number of nitrogens with zero attached hydrogens (tertiary/aromatic N) is 1. The van der Waals surface area contributed by atoms with E-state index in [4.69, 9.17) is 4.42 Å². The Kier molecular flexibility index (Phi) is 3.58. The molecule has 0 spiro atoms. The molecule has 0 radical (unpaired) electrons. The number of halogens is 3. The fourth-order valence-corrected chi connectivity index (χ4v) is 2.38. The van der Waals surface area contributed by atoms with Crippen LogP contribution in [0.25, 0.3) is 0 Å². The van der Waals surface area contributed by atoms with E-state index in [2.05, 4.69) is 0 Å². The molecule has 1 fully saturated rings. The third-order valence-electron chi connectivity index (χ3n) is 3.68. The van der Waals surface area contributed by atoms with E-state index >= 15 is 0 Å². The van der Waals surface area contributed by atoms with E-state index in [0.717, 1.165) is 0 Å². The molecule has 2 rings (SSSR count). The summed E-state index contributed by atoms with van der Waals surface area (Å²) < 4.78 is 43.3. The second kappa shape index (κ2) is 4.80. The summed E-state index contributed by atoms with van der Waals surface area (Å²) in [6.45, 7) is 3.08. The van der Waals surface area contributed by atoms with Crippen LogP contribution in [0.5, 0.6) is 0 Å². The molecule has 1 N–H and O–H groups in total. The van der Waals surface area contributed by atoms with Gasteiger partial charge in [-0.3, -0.25) is 4.79 Å². The molecule has 1 amide bonds. The van der Waals surface area contributed by atoms with Crippen molar-refractivity contribution in [2.24, 2.45) is 0 Å². The summed E-state index contributed by atoms with van der Waals surface area (Å²) in [4.78, 5) is 13.5. The van der Waals surface area contributed by atoms with Crippen LogP contribution in [0.1, 0.15) is 34.7 Å². The topological polar surface area (TPSA) is 53.7 Å². The molecule has 0 aromatic carbocycles. The molecule has 1 aromatic rings. The summed E-state index contributed by atoms with van der Waals surface area (Å²) in [6.07, 6.45) is -5.67. The Morgan fingerprint density at radius 2 is 1.90 bits per heavy atom. The number of likely N-dealkylation sites (tertiary alicyclic amines) is 1. The molecular weight excluding hydrogens is 275 g/mol. The number of piperidine rings is 1. The molecule has 0 unspecified atom stereocenters. The normalized spacial score (nSPS) is 19.2. The van der Waals surface area contributed by atoms with Crippen LogP contribution >= 0.6 is 0 Å². The molecule has 1 saturated heterocycles. The molecule has 0 aliphatic carbocycles. The quantitative estimate of drug-likeness (QED) is 0.864. The molecule has 112 valence electrons. The molecule has 0 bridgehead atoms. The third kappa shape index (κ3) is 2.54. The van der Waals surface area contributed by atoms with Crippen molar-refractivity contribution in [2.75, 3.05) is 13.1 Å². The van der Waals surface area contributed by atoms with Crippen molar-refractivity contribution in [3.8, 4) is 0 Å². The lowest BCUT2D eigenvalue weighted by molar-refractivity contribution is -0.271. The Hall–Kier alpha value is -1.50. The summed E-state index contributed by atoms with van der Waals surface area (Å²) in [6, 6.07) is 1.57. The molecular formula is C13H16F3NO3. The van der Waals surface area contributed by atoms with Crippen molar-refractivity contribution in [3.05, 3.63) is 23.2 Å². The summed E-state index contributed by atoms with van der Waals surface area (Å²) in [5, 5.41) is 9.56. The van der Waals surface area contributed by atoms with Crippen LogP contribution in [0, 0.1) is 13.8 Å². The first-order valence-electron chi connectivity index (χ1n) is 6.29. The monoisotopic (exact) mass is 291 g/mol. The molecule has 7 heteroatoms. The van der Waals surface area contributed by atoms with Gasteiger partial charge < -0.3 is 14.4 Å². The van der Waals surface area contributed by atoms with Gasteiger partial charge >= 0.3 is 6.18 Å². The molecule has 4 nitrogen and oxygen atoms in total. The minimum Gasteiger partial charge on any atom is -0.466 e. The number of carbonyl (C=O) groups is 1. The molecule has 2 heterocycles. The number of aryl methyl sites for hydroxylation is 2. The van der Waals surface area contributed by atoms with Crippen LogP contribution in [0.15, 0.2) is 10.5 Å². The van der Waals surface area contributed by atoms with E-state index in [-0.39, 0.29) is 19.0 Å². The Morgan fingerprint density at radius 3 is 2.30 bits per heavy atom. The van der Waals surface area contributed by atoms with Crippen LogP contribution < -0.4 is 0 Å². The number of rotatable bonds is 1. The molecule has 0 saturated carbocycles. The molecule has 1 aliphatic heterocycles. The summed E-state index contributed by atoms with van der Waals surface area (Å²) in [5.41, 5.74) is -2.33. The first-order chi connectivity index (χ1) is 9.14. The number of alkyl halides is 3. The minimum absolute atomic E-state index is 0.126. The predicted octanol–water partition coefficient (Wildman–Crippen LogP) is 2.43. The molecule has 1 aromatic heterocycles. The van der Waals surface area contributed by atoms with Gasteiger partial charge in [-0.05, 0) is 19.9 Å². The Bertz CT molecular complexity index is 513. The number of carbonyl (C=O) groups excluding carboxylic acids is 1. The highest BCUT2D eigenvalue weighted by Gasteiger charge is 2.54. The fourth-order valence-electron chi connectivity index (χ4n) is 2.38. The first kappa shape index (κ1) is 14.9. The molecule has 1 aliphatic rings. The van der Waals surface area contributed by atoms with E-state index in [1.165, 1.54) is 4.90 Å². The van der Waals surface area contributed by atoms with E-state index in [1.807, 2.05) is 0 Å². The van der Waals surface area contributed by atoms with E-state index < -0.39 is 24.6 Å². The first-order valence-corrected chi connectivity index (χ1v) is 6.29. The highest BCUT2D eigenvalue weighted by Crippen LogP contribution is 2.38. The highest BCUT2D eigenvalue weighted by atomic mass is 19.4. The number of furan rings is 1. The number of hydrogen-bond donors (Lipinski definition) is 1. The van der Waals surface area contributed by atoms with Crippen LogP contribution in [0.3, 0.4) is 0 Å². The molecule has 20 heavy (non-hydrogen) atoms. The van der Waals surface area contributed by atoms with Gasteiger partial charge in [0, 0.05) is 25.9 Å². The van der Waals surface area contributed by atoms with Crippen molar-refractivity contribution in [3.63, 3.8) is 0 Å². The maximum Gasteiger partial charge on any atom is 0.417 e. The van der Waals surface area contributed by atoms with Gasteiger partial charge in [-0.25, -0.2) is 0 Å². The standard InChI is InChI=1S/C13H16F3NO3/c1-8-7-10(9(2)20-8)11(18)17-5-3-12(19,4-6-17)13(14,15)16/h7,19H,3-6H2,1-2H3. The van der Waals surface area contributed by atoms with Gasteiger partial charge in [-0.15, -0.1) is 0 Å². The number of hydrogen-bond acceptors (Lipinski definition) is 3. The average molecular weight is 291 g/mol. The van der Waals surface area contributed by atoms with E-state index in [9.17, 15) is 23.1 Å². The smallest absolute Gasteiger partial charge is 0.417 e. The van der Waals surface area contributed by atoms with Crippen molar-refractivity contribution in [1.29, 1.82) is 0 Å². The zero-order valence-electron chi connectivity index (χ0n) is 11.3. The SMILES string of the molecule is Cc1cc(C(=O)N2CCC(O)(C(F)(F)F)CC2)c(C)o1. The summed E-state index contributed by atoms with van der Waals surface area (Å²) in [7, 11) is 0. The second-order valence-corrected chi connectivity index (χ2v) is 5.15. The van der Waals surface area contributed by atoms with Crippen LogP contribution in [0.2, 0.25) is 0 Å². The summed E-state index contributed by atoms with van der Waals surface area (Å²) >= 11 is 0. The van der Waals surface area contributed by atoms with Gasteiger partial charge in [0.2, 0.25) is 0 Å². The lowest BCUT2D eigenvalue weighted by Crippen LogP contribution is -2.54. The van der Waals surface area contributed by atoms with Gasteiger partial charge in [0.1, 0.15) is 11.5 Å². The largest absolute Gasteiger partial charge is 0.466 e. The second-order valence-electron chi connectivity index (χ2n) is 5.15. The van der Waals surface area contributed by atoms with E-state index in [0.29, 0.717) is 17.1 Å². The molecule has 0 atom stereocenters. The minimum atomic E-state index is -4.66. The predicted molar refractivity (Wildman–Crippen MR) is 64.3 cm³/mol. The van der Waals surface area contributed by atoms with E-state index in [1.54, 1.807) is 19.9 Å². The number of aliphatic hydroxyl groups is 1. The fraction of sp³-hybridized carbons (Fsp3) is 0.615.